The molecule has 0 saturated carbocycles. The minimum absolute atomic E-state index is 1.10. The number of rotatable bonds is 3. The molecule has 2 aromatic carbocycles. The Morgan fingerprint density at radius 1 is 1.00 bits per heavy atom. The van der Waals surface area contributed by atoms with Crippen LogP contribution in [0.25, 0.3) is 17.2 Å². The van der Waals surface area contributed by atoms with Crippen LogP contribution in [-0.4, -0.2) is 0 Å². The highest BCUT2D eigenvalue weighted by atomic mass is 14.2. The van der Waals surface area contributed by atoms with Crippen molar-refractivity contribution in [3.05, 3.63) is 64.2 Å². The van der Waals surface area contributed by atoms with Crippen molar-refractivity contribution >= 4 is 6.08 Å². The van der Waals surface area contributed by atoms with E-state index in [0.29, 0.717) is 0 Å². The lowest BCUT2D eigenvalue weighted by Gasteiger charge is -2.18. The van der Waals surface area contributed by atoms with Gasteiger partial charge in [-0.2, -0.15) is 0 Å². The van der Waals surface area contributed by atoms with Crippen molar-refractivity contribution in [2.75, 3.05) is 0 Å². The van der Waals surface area contributed by atoms with Crippen LogP contribution in [0.1, 0.15) is 43.0 Å². The Morgan fingerprint density at radius 2 is 1.75 bits per heavy atom. The zero-order valence-electron chi connectivity index (χ0n) is 12.7. The molecular formula is C20H22. The summed E-state index contributed by atoms with van der Waals surface area (Å²) in [6, 6.07) is 13.3. The molecule has 0 saturated heterocycles. The summed E-state index contributed by atoms with van der Waals surface area (Å²) in [5.41, 5.74) is 10.3. The summed E-state index contributed by atoms with van der Waals surface area (Å²) >= 11 is 0. The van der Waals surface area contributed by atoms with Gasteiger partial charge in [0.2, 0.25) is 0 Å². The lowest BCUT2D eigenvalue weighted by Crippen LogP contribution is -2.00. The fourth-order valence-corrected chi connectivity index (χ4v) is 3.42. The molecule has 0 radical (unpaired) electrons. The van der Waals surface area contributed by atoms with Gasteiger partial charge in [-0.1, -0.05) is 61.9 Å². The summed E-state index contributed by atoms with van der Waals surface area (Å²) in [4.78, 5) is 0. The van der Waals surface area contributed by atoms with Crippen LogP contribution in [0.4, 0.5) is 0 Å². The van der Waals surface area contributed by atoms with Gasteiger partial charge in [-0.25, -0.2) is 0 Å². The van der Waals surface area contributed by atoms with E-state index in [1.165, 1.54) is 39.0 Å². The van der Waals surface area contributed by atoms with E-state index >= 15 is 0 Å². The molecule has 0 heterocycles. The number of aryl methyl sites for hydroxylation is 1. The topological polar surface area (TPSA) is 0 Å². The fourth-order valence-electron chi connectivity index (χ4n) is 3.42. The Morgan fingerprint density at radius 3 is 2.40 bits per heavy atom. The molecule has 0 aromatic heterocycles. The highest BCUT2D eigenvalue weighted by Gasteiger charge is 2.19. The average molecular weight is 262 g/mol. The molecular weight excluding hydrogens is 240 g/mol. The molecule has 0 nitrogen and oxygen atoms in total. The summed E-state index contributed by atoms with van der Waals surface area (Å²) in [5, 5.41) is 0. The Kier molecular flexibility index (Phi) is 3.48. The van der Waals surface area contributed by atoms with Gasteiger partial charge in [0.15, 0.2) is 0 Å². The van der Waals surface area contributed by atoms with Crippen molar-refractivity contribution in [2.24, 2.45) is 0 Å². The van der Waals surface area contributed by atoms with Gasteiger partial charge in [0.05, 0.1) is 0 Å². The molecule has 0 N–H and O–H groups in total. The first-order valence-electron chi connectivity index (χ1n) is 7.64. The van der Waals surface area contributed by atoms with E-state index in [9.17, 15) is 0 Å². The molecule has 0 bridgehead atoms. The monoisotopic (exact) mass is 262 g/mol. The van der Waals surface area contributed by atoms with Crippen LogP contribution in [0.3, 0.4) is 0 Å². The second kappa shape index (κ2) is 5.28. The number of benzene rings is 2. The molecule has 20 heavy (non-hydrogen) atoms. The normalized spacial score (nSPS) is 13.2. The maximum absolute atomic E-state index is 2.44. The van der Waals surface area contributed by atoms with E-state index < -0.39 is 0 Å². The third-order valence-electron chi connectivity index (χ3n) is 4.31. The summed E-state index contributed by atoms with van der Waals surface area (Å²) < 4.78 is 0. The maximum atomic E-state index is 2.44. The van der Waals surface area contributed by atoms with Gasteiger partial charge in [0, 0.05) is 0 Å². The fraction of sp³-hybridized carbons (Fsp3) is 0.300. The van der Waals surface area contributed by atoms with E-state index in [-0.39, 0.29) is 0 Å². The standard InChI is InChI=1S/C20H22/c1-4-15-13-17-11-14(3)12-19(17)20(18(15)5-2)16-9-7-6-8-10-16/h6-10,12-13H,4-5,11H2,1-3H3. The third-order valence-corrected chi connectivity index (χ3v) is 4.31. The van der Waals surface area contributed by atoms with Crippen molar-refractivity contribution in [2.45, 2.75) is 40.0 Å². The first kappa shape index (κ1) is 13.2. The Labute approximate surface area is 122 Å². The average Bonchev–Trinajstić information content (AvgIpc) is 2.85. The van der Waals surface area contributed by atoms with E-state index in [0.717, 1.165) is 19.3 Å². The molecule has 3 rings (SSSR count). The number of allylic oxidation sites excluding steroid dienone is 1. The minimum Gasteiger partial charge on any atom is -0.0683 e. The maximum Gasteiger partial charge on any atom is -0.00603 e. The van der Waals surface area contributed by atoms with Crippen molar-refractivity contribution in [3.63, 3.8) is 0 Å². The van der Waals surface area contributed by atoms with Crippen LogP contribution in [0, 0.1) is 0 Å². The van der Waals surface area contributed by atoms with Crippen LogP contribution in [0.15, 0.2) is 42.0 Å². The molecule has 1 aliphatic carbocycles. The molecule has 0 unspecified atom stereocenters. The van der Waals surface area contributed by atoms with Crippen LogP contribution >= 0.6 is 0 Å². The molecule has 102 valence electrons. The van der Waals surface area contributed by atoms with Crippen molar-refractivity contribution < 1.29 is 0 Å². The highest BCUT2D eigenvalue weighted by molar-refractivity contribution is 5.84. The zero-order chi connectivity index (χ0) is 14.1. The first-order chi connectivity index (χ1) is 9.74. The second-order valence-corrected chi connectivity index (χ2v) is 5.70. The molecule has 0 amide bonds. The molecule has 0 fully saturated rings. The van der Waals surface area contributed by atoms with E-state index in [1.54, 1.807) is 0 Å². The van der Waals surface area contributed by atoms with Crippen molar-refractivity contribution in [1.82, 2.24) is 0 Å². The summed E-state index contributed by atoms with van der Waals surface area (Å²) in [6.45, 7) is 6.79. The predicted molar refractivity (Wildman–Crippen MR) is 88.0 cm³/mol. The quantitative estimate of drug-likeness (QED) is 0.691. The van der Waals surface area contributed by atoms with Crippen molar-refractivity contribution in [1.29, 1.82) is 0 Å². The minimum atomic E-state index is 1.10. The predicted octanol–water partition coefficient (Wildman–Crippen LogP) is 5.44. The Hall–Kier alpha value is -1.82. The van der Waals surface area contributed by atoms with Crippen LogP contribution in [-0.2, 0) is 19.3 Å². The number of fused-ring (bicyclic) bond motifs is 1. The molecule has 0 aliphatic heterocycles. The van der Waals surface area contributed by atoms with Crippen LogP contribution < -0.4 is 0 Å². The van der Waals surface area contributed by atoms with Gasteiger partial charge in [0.1, 0.15) is 0 Å². The van der Waals surface area contributed by atoms with Gasteiger partial charge >= 0.3 is 0 Å². The highest BCUT2D eigenvalue weighted by Crippen LogP contribution is 2.38. The SMILES string of the molecule is CCc1cc2c(c(-c3ccccc3)c1CC)C=C(C)C2. The number of hydrogen-bond donors (Lipinski definition) is 0. The Bertz CT molecular complexity index is 660. The summed E-state index contributed by atoms with van der Waals surface area (Å²) in [6.07, 6.45) is 5.73. The van der Waals surface area contributed by atoms with Gasteiger partial charge in [-0.05, 0) is 59.6 Å². The lowest BCUT2D eigenvalue weighted by atomic mass is 9.86. The Balaban J connectivity index is 2.33. The number of hydrogen-bond acceptors (Lipinski definition) is 0. The van der Waals surface area contributed by atoms with E-state index in [2.05, 4.69) is 63.2 Å². The molecule has 2 aromatic rings. The van der Waals surface area contributed by atoms with Gasteiger partial charge in [-0.15, -0.1) is 0 Å². The van der Waals surface area contributed by atoms with Gasteiger partial charge < -0.3 is 0 Å². The van der Waals surface area contributed by atoms with Gasteiger partial charge in [-0.3, -0.25) is 0 Å². The molecule has 1 aliphatic rings. The first-order valence-corrected chi connectivity index (χ1v) is 7.64. The molecule has 0 heteroatoms. The lowest BCUT2D eigenvalue weighted by molar-refractivity contribution is 1.03. The second-order valence-electron chi connectivity index (χ2n) is 5.70. The van der Waals surface area contributed by atoms with E-state index in [1.807, 2.05) is 0 Å². The van der Waals surface area contributed by atoms with E-state index in [4.69, 9.17) is 0 Å². The van der Waals surface area contributed by atoms with Crippen molar-refractivity contribution in [3.8, 4) is 11.1 Å². The third kappa shape index (κ3) is 2.10. The van der Waals surface area contributed by atoms with Gasteiger partial charge in [0.25, 0.3) is 0 Å². The largest absolute Gasteiger partial charge is 0.0683 e. The smallest absolute Gasteiger partial charge is 0.00603 e. The molecule has 0 atom stereocenters. The zero-order valence-corrected chi connectivity index (χ0v) is 12.7. The summed E-state index contributed by atoms with van der Waals surface area (Å²) in [5.74, 6) is 0. The molecule has 0 spiro atoms. The van der Waals surface area contributed by atoms with Crippen LogP contribution in [0.5, 0.6) is 0 Å². The van der Waals surface area contributed by atoms with Crippen LogP contribution in [0.2, 0.25) is 0 Å². The summed E-state index contributed by atoms with van der Waals surface area (Å²) in [7, 11) is 0.